The van der Waals surface area contributed by atoms with Crippen molar-refractivity contribution in [2.24, 2.45) is 0 Å². The van der Waals surface area contributed by atoms with Crippen LogP contribution >= 0.6 is 35.0 Å². The lowest BCUT2D eigenvalue weighted by Gasteiger charge is -2.10. The molecule has 0 bridgehead atoms. The van der Waals surface area contributed by atoms with E-state index in [1.165, 1.54) is 25.3 Å². The normalized spacial score (nSPS) is 10.2. The Bertz CT molecular complexity index is 909. The number of nitrogens with one attached hydrogen (secondary N) is 1. The Labute approximate surface area is 174 Å². The molecule has 0 atom stereocenters. The maximum Gasteiger partial charge on any atom is 0.316 e. The van der Waals surface area contributed by atoms with Gasteiger partial charge >= 0.3 is 5.97 Å². The molecule has 2 rings (SSSR count). The van der Waals surface area contributed by atoms with E-state index in [2.05, 4.69) is 5.32 Å². The van der Waals surface area contributed by atoms with E-state index >= 15 is 0 Å². The van der Waals surface area contributed by atoms with Crippen molar-refractivity contribution in [2.75, 3.05) is 24.8 Å². The molecule has 0 fully saturated rings. The number of thioether (sulfide) groups is 1. The van der Waals surface area contributed by atoms with Gasteiger partial charge < -0.3 is 14.8 Å². The van der Waals surface area contributed by atoms with Crippen LogP contribution in [0.1, 0.15) is 0 Å². The third-order valence-corrected chi connectivity index (χ3v) is 4.98. The number of anilines is 1. The number of rotatable bonds is 8. The summed E-state index contributed by atoms with van der Waals surface area (Å²) in [7, 11) is 1.31. The Hall–Kier alpha value is -2.49. The first-order chi connectivity index (χ1) is 13.3. The number of nitro groups is 1. The molecule has 148 valence electrons. The van der Waals surface area contributed by atoms with Gasteiger partial charge in [0.15, 0.2) is 6.61 Å². The van der Waals surface area contributed by atoms with Crippen molar-refractivity contribution in [3.63, 3.8) is 0 Å². The second kappa shape index (κ2) is 10.2. The molecule has 1 amide bonds. The van der Waals surface area contributed by atoms with Gasteiger partial charge in [-0.1, -0.05) is 23.2 Å². The predicted molar refractivity (Wildman–Crippen MR) is 106 cm³/mol. The summed E-state index contributed by atoms with van der Waals surface area (Å²) in [5.41, 5.74) is 0.0345. The fourth-order valence-electron chi connectivity index (χ4n) is 2.00. The van der Waals surface area contributed by atoms with Gasteiger partial charge in [-0.3, -0.25) is 19.7 Å². The number of hydrogen-bond donors (Lipinski definition) is 1. The highest BCUT2D eigenvalue weighted by atomic mass is 35.5. The second-order valence-corrected chi connectivity index (χ2v) is 7.07. The molecule has 0 aromatic heterocycles. The summed E-state index contributed by atoms with van der Waals surface area (Å²) in [6, 6.07) is 8.58. The predicted octanol–water partition coefficient (Wildman–Crippen LogP) is 4.18. The van der Waals surface area contributed by atoms with E-state index in [9.17, 15) is 19.7 Å². The van der Waals surface area contributed by atoms with Crippen LogP contribution in [0, 0.1) is 10.1 Å². The van der Waals surface area contributed by atoms with Crippen LogP contribution in [0.25, 0.3) is 0 Å². The van der Waals surface area contributed by atoms with E-state index in [0.29, 0.717) is 14.9 Å². The molecule has 0 saturated carbocycles. The minimum absolute atomic E-state index is 0.0613. The molecule has 28 heavy (non-hydrogen) atoms. The van der Waals surface area contributed by atoms with Gasteiger partial charge in [0.25, 0.3) is 11.6 Å². The number of nitrogens with zero attached hydrogens (tertiary/aromatic N) is 1. The number of benzene rings is 2. The van der Waals surface area contributed by atoms with Crippen LogP contribution in [0.3, 0.4) is 0 Å². The summed E-state index contributed by atoms with van der Waals surface area (Å²) < 4.78 is 9.92. The SMILES string of the molecule is COc1cc([N+](=O)[O-])ccc1NC(=O)COC(=O)CSc1cc(Cl)ccc1Cl. The van der Waals surface area contributed by atoms with Crippen molar-refractivity contribution in [3.8, 4) is 5.75 Å². The second-order valence-electron chi connectivity index (χ2n) is 5.21. The first-order valence-electron chi connectivity index (χ1n) is 7.66. The van der Waals surface area contributed by atoms with Gasteiger partial charge in [-0.2, -0.15) is 0 Å². The van der Waals surface area contributed by atoms with Gasteiger partial charge in [0.1, 0.15) is 5.75 Å². The molecule has 1 N–H and O–H groups in total. The molecule has 11 heteroatoms. The van der Waals surface area contributed by atoms with Crippen LogP contribution in [0.4, 0.5) is 11.4 Å². The first kappa shape index (κ1) is 21.8. The van der Waals surface area contributed by atoms with Crippen molar-refractivity contribution in [1.29, 1.82) is 0 Å². The number of methoxy groups -OCH3 is 1. The van der Waals surface area contributed by atoms with Crippen LogP contribution in [0.5, 0.6) is 5.75 Å². The Kier molecular flexibility index (Phi) is 7.91. The lowest BCUT2D eigenvalue weighted by molar-refractivity contribution is -0.384. The van der Waals surface area contributed by atoms with E-state index in [-0.39, 0.29) is 22.9 Å². The van der Waals surface area contributed by atoms with E-state index < -0.39 is 23.4 Å². The number of nitro benzene ring substituents is 1. The average Bonchev–Trinajstić information content (AvgIpc) is 2.67. The van der Waals surface area contributed by atoms with Crippen molar-refractivity contribution in [2.45, 2.75) is 4.90 Å². The zero-order chi connectivity index (χ0) is 20.7. The molecular weight excluding hydrogens is 431 g/mol. The van der Waals surface area contributed by atoms with Gasteiger partial charge in [-0.15, -0.1) is 11.8 Å². The zero-order valence-electron chi connectivity index (χ0n) is 14.4. The number of carbonyl (C=O) groups is 2. The van der Waals surface area contributed by atoms with Gasteiger partial charge in [-0.05, 0) is 24.3 Å². The topological polar surface area (TPSA) is 108 Å². The fourth-order valence-corrected chi connectivity index (χ4v) is 3.29. The highest BCUT2D eigenvalue weighted by Gasteiger charge is 2.15. The third kappa shape index (κ3) is 6.29. The number of esters is 1. The summed E-state index contributed by atoms with van der Waals surface area (Å²) in [6.07, 6.45) is 0. The molecule has 0 aliphatic rings. The van der Waals surface area contributed by atoms with Gasteiger partial charge in [0, 0.05) is 16.0 Å². The molecule has 0 saturated heterocycles. The van der Waals surface area contributed by atoms with Gasteiger partial charge in [0.05, 0.1) is 34.6 Å². The average molecular weight is 445 g/mol. The smallest absolute Gasteiger partial charge is 0.316 e. The molecule has 2 aromatic rings. The van der Waals surface area contributed by atoms with E-state index in [0.717, 1.165) is 11.8 Å². The van der Waals surface area contributed by atoms with Crippen LogP contribution in [0.2, 0.25) is 10.0 Å². The summed E-state index contributed by atoms with van der Waals surface area (Å²) >= 11 is 13.0. The van der Waals surface area contributed by atoms with Crippen molar-refractivity contribution in [1.82, 2.24) is 0 Å². The third-order valence-electron chi connectivity index (χ3n) is 3.27. The molecule has 0 spiro atoms. The molecule has 8 nitrogen and oxygen atoms in total. The molecule has 0 aliphatic carbocycles. The highest BCUT2D eigenvalue weighted by molar-refractivity contribution is 8.00. The Balaban J connectivity index is 1.86. The molecule has 0 aliphatic heterocycles. The van der Waals surface area contributed by atoms with Crippen LogP contribution in [0.15, 0.2) is 41.3 Å². The maximum absolute atomic E-state index is 12.0. The summed E-state index contributed by atoms with van der Waals surface area (Å²) in [5, 5.41) is 14.2. The number of ether oxygens (including phenoxy) is 2. The lowest BCUT2D eigenvalue weighted by Crippen LogP contribution is -2.22. The van der Waals surface area contributed by atoms with Crippen molar-refractivity contribution >= 4 is 58.2 Å². The minimum atomic E-state index is -0.619. The molecule has 2 aromatic carbocycles. The van der Waals surface area contributed by atoms with Gasteiger partial charge in [-0.25, -0.2) is 0 Å². The van der Waals surface area contributed by atoms with E-state index in [1.807, 2.05) is 0 Å². The number of amides is 1. The number of hydrogen-bond acceptors (Lipinski definition) is 7. The Morgan fingerprint density at radius 1 is 1.21 bits per heavy atom. The quantitative estimate of drug-likeness (QED) is 0.281. The van der Waals surface area contributed by atoms with Crippen molar-refractivity contribution < 1.29 is 24.0 Å². The maximum atomic E-state index is 12.0. The summed E-state index contributed by atoms with van der Waals surface area (Å²) in [4.78, 5) is 34.6. The van der Waals surface area contributed by atoms with Crippen molar-refractivity contribution in [3.05, 3.63) is 56.6 Å². The summed E-state index contributed by atoms with van der Waals surface area (Å²) in [5.74, 6) is -1.19. The summed E-state index contributed by atoms with van der Waals surface area (Å²) in [6.45, 7) is -0.525. The highest BCUT2D eigenvalue weighted by Crippen LogP contribution is 2.30. The van der Waals surface area contributed by atoms with E-state index in [4.69, 9.17) is 32.7 Å². The minimum Gasteiger partial charge on any atom is -0.494 e. The van der Waals surface area contributed by atoms with Gasteiger partial charge in [0.2, 0.25) is 0 Å². The molecule has 0 radical (unpaired) electrons. The van der Waals surface area contributed by atoms with E-state index in [1.54, 1.807) is 18.2 Å². The molecule has 0 unspecified atom stereocenters. The fraction of sp³-hybridized carbons (Fsp3) is 0.176. The number of non-ortho nitro benzene ring substituents is 1. The standard InChI is InChI=1S/C17H14Cl2N2O6S/c1-26-14-7-11(21(24)25)3-5-13(14)20-16(22)8-27-17(23)9-28-15-6-10(18)2-4-12(15)19/h2-7H,8-9H2,1H3,(H,20,22). The number of carbonyl (C=O) groups excluding carboxylic acids is 2. The van der Waals surface area contributed by atoms with Crippen LogP contribution in [-0.4, -0.2) is 36.3 Å². The van der Waals surface area contributed by atoms with Crippen LogP contribution in [-0.2, 0) is 14.3 Å². The Morgan fingerprint density at radius 2 is 1.96 bits per heavy atom. The monoisotopic (exact) mass is 444 g/mol. The largest absolute Gasteiger partial charge is 0.494 e. The number of halogens is 2. The zero-order valence-corrected chi connectivity index (χ0v) is 16.8. The molecule has 0 heterocycles. The first-order valence-corrected chi connectivity index (χ1v) is 9.40. The Morgan fingerprint density at radius 3 is 2.64 bits per heavy atom. The van der Waals surface area contributed by atoms with Crippen LogP contribution < -0.4 is 10.1 Å². The molecular formula is C17H14Cl2N2O6S. The lowest BCUT2D eigenvalue weighted by atomic mass is 10.2.